The Morgan fingerprint density at radius 1 is 1.50 bits per heavy atom. The largest absolute Gasteiger partial charge is 0.399 e. The molecule has 0 aliphatic heterocycles. The first-order chi connectivity index (χ1) is 5.74. The van der Waals surface area contributed by atoms with Gasteiger partial charge in [0.2, 0.25) is 0 Å². The number of aliphatic hydroxyl groups is 1. The molecular formula is C10H11NO. The van der Waals surface area contributed by atoms with Gasteiger partial charge in [-0.15, -0.1) is 0 Å². The van der Waals surface area contributed by atoms with E-state index in [0.29, 0.717) is 0 Å². The van der Waals surface area contributed by atoms with Crippen molar-refractivity contribution in [3.8, 4) is 11.8 Å². The van der Waals surface area contributed by atoms with Crippen LogP contribution >= 0.6 is 0 Å². The van der Waals surface area contributed by atoms with Crippen LogP contribution in [0.25, 0.3) is 0 Å². The van der Waals surface area contributed by atoms with Crippen LogP contribution in [-0.2, 0) is 0 Å². The van der Waals surface area contributed by atoms with E-state index in [1.165, 1.54) is 0 Å². The quantitative estimate of drug-likeness (QED) is 0.439. The number of hydrogen-bond donors (Lipinski definition) is 2. The maximum Gasteiger partial charge on any atom is 0.104 e. The van der Waals surface area contributed by atoms with E-state index in [0.717, 1.165) is 16.8 Å². The average Bonchev–Trinajstić information content (AvgIpc) is 2.07. The molecule has 2 heteroatoms. The van der Waals surface area contributed by atoms with Gasteiger partial charge >= 0.3 is 0 Å². The average molecular weight is 161 g/mol. The SMILES string of the molecule is Cc1cc(C#CCO)ccc1N. The van der Waals surface area contributed by atoms with E-state index < -0.39 is 0 Å². The first kappa shape index (κ1) is 8.63. The van der Waals surface area contributed by atoms with Gasteiger partial charge in [0.25, 0.3) is 0 Å². The number of nitrogen functional groups attached to an aromatic ring is 1. The van der Waals surface area contributed by atoms with Crippen LogP contribution in [-0.4, -0.2) is 11.7 Å². The van der Waals surface area contributed by atoms with Gasteiger partial charge in [0.1, 0.15) is 6.61 Å². The van der Waals surface area contributed by atoms with Gasteiger partial charge in [-0.05, 0) is 30.7 Å². The maximum absolute atomic E-state index is 8.45. The van der Waals surface area contributed by atoms with Gasteiger partial charge in [0, 0.05) is 11.3 Å². The molecule has 12 heavy (non-hydrogen) atoms. The summed E-state index contributed by atoms with van der Waals surface area (Å²) in [5.74, 6) is 5.38. The Labute approximate surface area is 72.0 Å². The molecule has 3 N–H and O–H groups in total. The van der Waals surface area contributed by atoms with Crippen molar-refractivity contribution in [3.05, 3.63) is 29.3 Å². The van der Waals surface area contributed by atoms with Crippen LogP contribution in [0.2, 0.25) is 0 Å². The molecule has 62 valence electrons. The van der Waals surface area contributed by atoms with Gasteiger partial charge in [-0.3, -0.25) is 0 Å². The van der Waals surface area contributed by atoms with Crippen molar-refractivity contribution >= 4 is 5.69 Å². The smallest absolute Gasteiger partial charge is 0.104 e. The summed E-state index contributed by atoms with van der Waals surface area (Å²) in [5.41, 5.74) is 8.29. The predicted octanol–water partition coefficient (Wildman–Crippen LogP) is 0.921. The summed E-state index contributed by atoms with van der Waals surface area (Å²) < 4.78 is 0. The Balaban J connectivity index is 2.97. The number of rotatable bonds is 0. The van der Waals surface area contributed by atoms with Crippen molar-refractivity contribution in [2.75, 3.05) is 12.3 Å². The van der Waals surface area contributed by atoms with E-state index in [1.807, 2.05) is 25.1 Å². The van der Waals surface area contributed by atoms with Gasteiger partial charge in [-0.2, -0.15) is 0 Å². The zero-order chi connectivity index (χ0) is 8.97. The Bertz CT molecular complexity index is 333. The second kappa shape index (κ2) is 3.80. The third kappa shape index (κ3) is 2.01. The highest BCUT2D eigenvalue weighted by molar-refractivity contribution is 5.51. The zero-order valence-corrected chi connectivity index (χ0v) is 6.96. The highest BCUT2D eigenvalue weighted by Crippen LogP contribution is 2.11. The van der Waals surface area contributed by atoms with E-state index >= 15 is 0 Å². The minimum Gasteiger partial charge on any atom is -0.399 e. The lowest BCUT2D eigenvalue weighted by Gasteiger charge is -1.98. The van der Waals surface area contributed by atoms with Crippen molar-refractivity contribution in [2.24, 2.45) is 0 Å². The summed E-state index contributed by atoms with van der Waals surface area (Å²) in [5, 5.41) is 8.45. The van der Waals surface area contributed by atoms with Gasteiger partial charge in [-0.1, -0.05) is 11.8 Å². The zero-order valence-electron chi connectivity index (χ0n) is 6.96. The molecule has 0 amide bonds. The lowest BCUT2D eigenvalue weighted by molar-refractivity contribution is 0.350. The monoisotopic (exact) mass is 161 g/mol. The summed E-state index contributed by atoms with van der Waals surface area (Å²) in [6.45, 7) is 1.82. The molecule has 0 unspecified atom stereocenters. The fourth-order valence-corrected chi connectivity index (χ4v) is 0.895. The van der Waals surface area contributed by atoms with Gasteiger partial charge < -0.3 is 10.8 Å². The summed E-state index contributed by atoms with van der Waals surface area (Å²) in [4.78, 5) is 0. The number of benzene rings is 1. The van der Waals surface area contributed by atoms with Crippen LogP contribution in [0.3, 0.4) is 0 Å². The molecule has 0 aliphatic carbocycles. The van der Waals surface area contributed by atoms with E-state index in [-0.39, 0.29) is 6.61 Å². The third-order valence-electron chi connectivity index (χ3n) is 1.58. The third-order valence-corrected chi connectivity index (χ3v) is 1.58. The molecule has 0 heterocycles. The first-order valence-corrected chi connectivity index (χ1v) is 3.70. The number of aryl methyl sites for hydroxylation is 1. The molecule has 1 rings (SSSR count). The molecule has 0 atom stereocenters. The molecule has 0 aromatic heterocycles. The lowest BCUT2D eigenvalue weighted by Crippen LogP contribution is -1.89. The number of nitrogens with two attached hydrogens (primary N) is 1. The lowest BCUT2D eigenvalue weighted by atomic mass is 10.1. The van der Waals surface area contributed by atoms with E-state index in [9.17, 15) is 0 Å². The molecule has 0 saturated heterocycles. The van der Waals surface area contributed by atoms with Crippen molar-refractivity contribution in [1.29, 1.82) is 0 Å². The van der Waals surface area contributed by atoms with E-state index in [2.05, 4.69) is 11.8 Å². The van der Waals surface area contributed by atoms with Crippen LogP contribution in [0.5, 0.6) is 0 Å². The number of hydrogen-bond acceptors (Lipinski definition) is 2. The first-order valence-electron chi connectivity index (χ1n) is 3.70. The predicted molar refractivity (Wildman–Crippen MR) is 49.6 cm³/mol. The molecule has 0 spiro atoms. The highest BCUT2D eigenvalue weighted by atomic mass is 16.2. The van der Waals surface area contributed by atoms with Gasteiger partial charge in [0.15, 0.2) is 0 Å². The molecular weight excluding hydrogens is 150 g/mol. The molecule has 0 radical (unpaired) electrons. The van der Waals surface area contributed by atoms with Crippen molar-refractivity contribution < 1.29 is 5.11 Å². The molecule has 0 fully saturated rings. The van der Waals surface area contributed by atoms with Gasteiger partial charge in [0.05, 0.1) is 0 Å². The topological polar surface area (TPSA) is 46.2 Å². The Morgan fingerprint density at radius 3 is 2.83 bits per heavy atom. The number of aliphatic hydroxyl groups excluding tert-OH is 1. The van der Waals surface area contributed by atoms with Gasteiger partial charge in [-0.25, -0.2) is 0 Å². The summed E-state index contributed by atoms with van der Waals surface area (Å²) in [7, 11) is 0. The molecule has 0 bridgehead atoms. The highest BCUT2D eigenvalue weighted by Gasteiger charge is 1.92. The Hall–Kier alpha value is -1.46. The second-order valence-corrected chi connectivity index (χ2v) is 2.53. The standard InChI is InChI=1S/C10H11NO/c1-8-7-9(3-2-6-12)4-5-10(8)11/h4-5,7,12H,6,11H2,1H3. The van der Waals surface area contributed by atoms with Crippen molar-refractivity contribution in [3.63, 3.8) is 0 Å². The van der Waals surface area contributed by atoms with Crippen LogP contribution < -0.4 is 5.73 Å². The molecule has 0 aliphatic rings. The fourth-order valence-electron chi connectivity index (χ4n) is 0.895. The molecule has 2 nitrogen and oxygen atoms in total. The summed E-state index contributed by atoms with van der Waals surface area (Å²) in [6, 6.07) is 5.56. The second-order valence-electron chi connectivity index (χ2n) is 2.53. The van der Waals surface area contributed by atoms with Crippen molar-refractivity contribution in [2.45, 2.75) is 6.92 Å². The Kier molecular flexibility index (Phi) is 2.73. The molecule has 1 aromatic rings. The normalized spacial score (nSPS) is 8.83. The fraction of sp³-hybridized carbons (Fsp3) is 0.200. The minimum atomic E-state index is -0.108. The van der Waals surface area contributed by atoms with Crippen molar-refractivity contribution in [1.82, 2.24) is 0 Å². The minimum absolute atomic E-state index is 0.108. The van der Waals surface area contributed by atoms with E-state index in [4.69, 9.17) is 10.8 Å². The Morgan fingerprint density at radius 2 is 2.25 bits per heavy atom. The summed E-state index contributed by atoms with van der Waals surface area (Å²) >= 11 is 0. The summed E-state index contributed by atoms with van der Waals surface area (Å²) in [6.07, 6.45) is 0. The number of anilines is 1. The van der Waals surface area contributed by atoms with Crippen LogP contribution in [0.1, 0.15) is 11.1 Å². The van der Waals surface area contributed by atoms with Crippen LogP contribution in [0.15, 0.2) is 18.2 Å². The van der Waals surface area contributed by atoms with E-state index in [1.54, 1.807) is 0 Å². The maximum atomic E-state index is 8.45. The molecule has 0 saturated carbocycles. The van der Waals surface area contributed by atoms with Crippen LogP contribution in [0.4, 0.5) is 5.69 Å². The molecule has 1 aromatic carbocycles. The van der Waals surface area contributed by atoms with Crippen LogP contribution in [0, 0.1) is 18.8 Å².